The van der Waals surface area contributed by atoms with Crippen molar-refractivity contribution in [2.24, 2.45) is 0 Å². The summed E-state index contributed by atoms with van der Waals surface area (Å²) in [5, 5.41) is 11.7. The number of benzene rings is 1. The summed E-state index contributed by atoms with van der Waals surface area (Å²) in [7, 11) is 0. The zero-order valence-corrected chi connectivity index (χ0v) is 11.8. The number of nitrogens with one attached hydrogen (secondary N) is 1. The summed E-state index contributed by atoms with van der Waals surface area (Å²) < 4.78 is 0. The number of carbonyl (C=O) groups is 1. The molecule has 1 rings (SSSR count). The summed E-state index contributed by atoms with van der Waals surface area (Å²) in [5.41, 5.74) is 2.32. The van der Waals surface area contributed by atoms with Gasteiger partial charge < -0.3 is 10.4 Å². The zero-order valence-electron chi connectivity index (χ0n) is 11.8. The molecule has 0 heterocycles. The molecular formula is C16H21NO2. The summed E-state index contributed by atoms with van der Waals surface area (Å²) in [5.74, 6) is 5.35. The number of aliphatic hydroxyl groups is 1. The molecule has 0 aromatic heterocycles. The third-order valence-electron chi connectivity index (χ3n) is 3.11. The Labute approximate surface area is 115 Å². The number of amides is 1. The number of aryl methyl sites for hydroxylation is 1. The maximum Gasteiger partial charge on any atom is 0.251 e. The van der Waals surface area contributed by atoms with Crippen LogP contribution in [0, 0.1) is 18.8 Å². The van der Waals surface area contributed by atoms with Gasteiger partial charge in [-0.2, -0.15) is 0 Å². The maximum absolute atomic E-state index is 12.2. The molecule has 0 spiro atoms. The fraction of sp³-hybridized carbons (Fsp3) is 0.438. The highest BCUT2D eigenvalue weighted by Gasteiger charge is 2.13. The largest absolute Gasteiger partial charge is 0.384 e. The van der Waals surface area contributed by atoms with Crippen molar-refractivity contribution >= 4 is 5.91 Å². The molecule has 0 aliphatic heterocycles. The van der Waals surface area contributed by atoms with Gasteiger partial charge in [0, 0.05) is 17.2 Å². The van der Waals surface area contributed by atoms with Gasteiger partial charge in [0.05, 0.1) is 0 Å². The van der Waals surface area contributed by atoms with E-state index < -0.39 is 0 Å². The second-order valence-electron chi connectivity index (χ2n) is 4.48. The Balaban J connectivity index is 2.95. The van der Waals surface area contributed by atoms with Gasteiger partial charge in [-0.3, -0.25) is 4.79 Å². The van der Waals surface area contributed by atoms with Crippen LogP contribution in [0.5, 0.6) is 0 Å². The van der Waals surface area contributed by atoms with Gasteiger partial charge in [-0.1, -0.05) is 31.8 Å². The minimum atomic E-state index is -0.177. The smallest absolute Gasteiger partial charge is 0.251 e. The lowest BCUT2D eigenvalue weighted by Gasteiger charge is -2.15. The number of aliphatic hydroxyl groups excluding tert-OH is 1. The third-order valence-corrected chi connectivity index (χ3v) is 3.11. The highest BCUT2D eigenvalue weighted by molar-refractivity contribution is 5.96. The van der Waals surface area contributed by atoms with Crippen molar-refractivity contribution in [3.05, 3.63) is 34.9 Å². The van der Waals surface area contributed by atoms with Crippen LogP contribution in [0.15, 0.2) is 18.2 Å². The van der Waals surface area contributed by atoms with E-state index in [9.17, 15) is 4.79 Å². The number of rotatable bonds is 4. The molecule has 3 heteroatoms. The summed E-state index contributed by atoms with van der Waals surface area (Å²) >= 11 is 0. The molecule has 1 aromatic rings. The van der Waals surface area contributed by atoms with Gasteiger partial charge in [0.1, 0.15) is 6.61 Å². The van der Waals surface area contributed by atoms with Crippen LogP contribution in [0.25, 0.3) is 0 Å². The predicted molar refractivity (Wildman–Crippen MR) is 77.0 cm³/mol. The van der Waals surface area contributed by atoms with E-state index >= 15 is 0 Å². The molecule has 0 fully saturated rings. The Kier molecular flexibility index (Phi) is 6.11. The van der Waals surface area contributed by atoms with Crippen LogP contribution >= 0.6 is 0 Å². The summed E-state index contributed by atoms with van der Waals surface area (Å²) in [6.07, 6.45) is 1.84. The Morgan fingerprint density at radius 3 is 2.63 bits per heavy atom. The minimum Gasteiger partial charge on any atom is -0.384 e. The monoisotopic (exact) mass is 259 g/mol. The molecule has 3 nitrogen and oxygen atoms in total. The van der Waals surface area contributed by atoms with E-state index in [2.05, 4.69) is 31.0 Å². The SMILES string of the molecule is CCC(CC)NC(=O)c1cc(C#CCO)ccc1C. The average molecular weight is 259 g/mol. The lowest BCUT2D eigenvalue weighted by molar-refractivity contribution is 0.0934. The standard InChI is InChI=1S/C16H21NO2/c1-4-14(5-2)17-16(19)15-11-13(7-6-10-18)9-8-12(15)3/h8-9,11,14,18H,4-5,10H2,1-3H3,(H,17,19). The molecular weight excluding hydrogens is 238 g/mol. The summed E-state index contributed by atoms with van der Waals surface area (Å²) in [6, 6.07) is 5.71. The number of carbonyl (C=O) groups excluding carboxylic acids is 1. The molecule has 102 valence electrons. The van der Waals surface area contributed by atoms with Crippen LogP contribution < -0.4 is 5.32 Å². The lowest BCUT2D eigenvalue weighted by atomic mass is 10.0. The van der Waals surface area contributed by atoms with Crippen LogP contribution in [0.1, 0.15) is 48.2 Å². The van der Waals surface area contributed by atoms with Gasteiger partial charge in [-0.25, -0.2) is 0 Å². The van der Waals surface area contributed by atoms with Gasteiger partial charge in [0.2, 0.25) is 0 Å². The van der Waals surface area contributed by atoms with Crippen molar-refractivity contribution in [2.45, 2.75) is 39.7 Å². The third kappa shape index (κ3) is 4.42. The molecule has 2 N–H and O–H groups in total. The molecule has 0 radical (unpaired) electrons. The van der Waals surface area contributed by atoms with E-state index in [0.717, 1.165) is 24.0 Å². The quantitative estimate of drug-likeness (QED) is 0.815. The fourth-order valence-electron chi connectivity index (χ4n) is 1.84. The van der Waals surface area contributed by atoms with Gasteiger partial charge in [0.15, 0.2) is 0 Å². The molecule has 19 heavy (non-hydrogen) atoms. The first-order chi connectivity index (χ1) is 9.12. The van der Waals surface area contributed by atoms with Gasteiger partial charge in [-0.05, 0) is 37.5 Å². The highest BCUT2D eigenvalue weighted by atomic mass is 16.2. The second kappa shape index (κ2) is 7.60. The zero-order chi connectivity index (χ0) is 14.3. The molecule has 0 bridgehead atoms. The number of hydrogen-bond donors (Lipinski definition) is 2. The molecule has 0 saturated heterocycles. The normalized spacial score (nSPS) is 9.95. The van der Waals surface area contributed by atoms with Crippen LogP contribution in [-0.2, 0) is 0 Å². The van der Waals surface area contributed by atoms with E-state index in [0.29, 0.717) is 5.56 Å². The molecule has 0 aliphatic rings. The molecule has 0 atom stereocenters. The van der Waals surface area contributed by atoms with Crippen LogP contribution in [0.2, 0.25) is 0 Å². The Morgan fingerprint density at radius 2 is 2.05 bits per heavy atom. The van der Waals surface area contributed by atoms with E-state index in [1.165, 1.54) is 0 Å². The van der Waals surface area contributed by atoms with Gasteiger partial charge >= 0.3 is 0 Å². The molecule has 0 saturated carbocycles. The van der Waals surface area contributed by atoms with Crippen LogP contribution in [0.4, 0.5) is 0 Å². The van der Waals surface area contributed by atoms with Crippen molar-refractivity contribution in [3.63, 3.8) is 0 Å². The topological polar surface area (TPSA) is 49.3 Å². The number of hydrogen-bond acceptors (Lipinski definition) is 2. The Hall–Kier alpha value is -1.79. The summed E-state index contributed by atoms with van der Waals surface area (Å²) in [4.78, 5) is 12.2. The first kappa shape index (κ1) is 15.3. The first-order valence-electron chi connectivity index (χ1n) is 6.63. The van der Waals surface area contributed by atoms with Crippen molar-refractivity contribution in [3.8, 4) is 11.8 Å². The molecule has 1 amide bonds. The van der Waals surface area contributed by atoms with E-state index in [1.807, 2.05) is 19.1 Å². The van der Waals surface area contributed by atoms with Gasteiger partial charge in [-0.15, -0.1) is 0 Å². The van der Waals surface area contributed by atoms with E-state index in [-0.39, 0.29) is 18.6 Å². The van der Waals surface area contributed by atoms with Crippen molar-refractivity contribution < 1.29 is 9.90 Å². The van der Waals surface area contributed by atoms with Crippen LogP contribution in [-0.4, -0.2) is 23.7 Å². The van der Waals surface area contributed by atoms with Crippen molar-refractivity contribution in [1.29, 1.82) is 0 Å². The van der Waals surface area contributed by atoms with Crippen molar-refractivity contribution in [1.82, 2.24) is 5.32 Å². The highest BCUT2D eigenvalue weighted by Crippen LogP contribution is 2.11. The maximum atomic E-state index is 12.2. The van der Waals surface area contributed by atoms with Crippen LogP contribution in [0.3, 0.4) is 0 Å². The Bertz CT molecular complexity index is 493. The second-order valence-corrected chi connectivity index (χ2v) is 4.48. The minimum absolute atomic E-state index is 0.0566. The van der Waals surface area contributed by atoms with Crippen molar-refractivity contribution in [2.75, 3.05) is 6.61 Å². The molecule has 0 aliphatic carbocycles. The lowest BCUT2D eigenvalue weighted by Crippen LogP contribution is -2.34. The summed E-state index contributed by atoms with van der Waals surface area (Å²) in [6.45, 7) is 5.85. The first-order valence-corrected chi connectivity index (χ1v) is 6.63. The van der Waals surface area contributed by atoms with Gasteiger partial charge in [0.25, 0.3) is 5.91 Å². The fourth-order valence-corrected chi connectivity index (χ4v) is 1.84. The van der Waals surface area contributed by atoms with E-state index in [4.69, 9.17) is 5.11 Å². The molecule has 1 aromatic carbocycles. The average Bonchev–Trinajstić information content (AvgIpc) is 2.43. The molecule has 0 unspecified atom stereocenters. The Morgan fingerprint density at radius 1 is 1.37 bits per heavy atom. The van der Waals surface area contributed by atoms with E-state index in [1.54, 1.807) is 6.07 Å². The predicted octanol–water partition coefficient (Wildman–Crippen LogP) is 2.26.